The lowest BCUT2D eigenvalue weighted by molar-refractivity contribution is -0.148. The Balaban J connectivity index is 1.64. The molecule has 0 bridgehead atoms. The van der Waals surface area contributed by atoms with Crippen LogP contribution in [0.1, 0.15) is 25.3 Å². The second-order valence-corrected chi connectivity index (χ2v) is 8.24. The zero-order chi connectivity index (χ0) is 23.9. The number of alkyl halides is 3. The highest BCUT2D eigenvalue weighted by molar-refractivity contribution is 5.94. The third-order valence-corrected chi connectivity index (χ3v) is 6.04. The van der Waals surface area contributed by atoms with Crippen LogP contribution in [0.15, 0.2) is 48.5 Å². The minimum absolute atomic E-state index is 0.228. The van der Waals surface area contributed by atoms with E-state index in [2.05, 4.69) is 10.3 Å². The second kappa shape index (κ2) is 8.58. The van der Waals surface area contributed by atoms with Crippen LogP contribution in [0, 0.1) is 5.92 Å². The van der Waals surface area contributed by atoms with E-state index in [-0.39, 0.29) is 23.1 Å². The van der Waals surface area contributed by atoms with E-state index in [0.717, 1.165) is 35.9 Å². The number of para-hydroxylation sites is 1. The summed E-state index contributed by atoms with van der Waals surface area (Å²) in [6.07, 6.45) is -2.94. The molecule has 1 fully saturated rings. The van der Waals surface area contributed by atoms with Crippen molar-refractivity contribution in [1.82, 2.24) is 19.8 Å². The average Bonchev–Trinajstić information content (AvgIpc) is 3.28. The third-order valence-electron chi connectivity index (χ3n) is 6.04. The van der Waals surface area contributed by atoms with Gasteiger partial charge in [-0.25, -0.2) is 4.98 Å². The molecule has 0 amide bonds. The molecule has 1 atom stereocenters. The first-order valence-electron chi connectivity index (χ1n) is 11.1. The first-order valence-corrected chi connectivity index (χ1v) is 11.1. The molecule has 1 saturated heterocycles. The first-order chi connectivity index (χ1) is 16.4. The molecule has 2 aromatic heterocycles. The van der Waals surface area contributed by atoms with Crippen molar-refractivity contribution in [1.29, 1.82) is 0 Å². The number of hydrogen-bond donors (Lipinski definition) is 0. The molecular weight excluding hydrogens is 447 g/mol. The highest BCUT2D eigenvalue weighted by atomic mass is 19.4. The van der Waals surface area contributed by atoms with Crippen molar-refractivity contribution in [2.75, 3.05) is 24.6 Å². The van der Waals surface area contributed by atoms with Gasteiger partial charge in [-0.2, -0.15) is 17.7 Å². The van der Waals surface area contributed by atoms with E-state index in [1.807, 2.05) is 29.2 Å². The molecular formula is C24H22F3N5O2. The van der Waals surface area contributed by atoms with Crippen molar-refractivity contribution in [3.63, 3.8) is 0 Å². The number of ether oxygens (including phenoxy) is 1. The summed E-state index contributed by atoms with van der Waals surface area (Å²) in [6, 6.07) is 12.5. The predicted molar refractivity (Wildman–Crippen MR) is 120 cm³/mol. The fraction of sp³-hybridized carbons (Fsp3) is 0.333. The summed E-state index contributed by atoms with van der Waals surface area (Å²) in [7, 11) is 0. The highest BCUT2D eigenvalue weighted by Crippen LogP contribution is 2.35. The number of rotatable bonds is 4. The number of carbonyl (C=O) groups excluding carboxylic acids is 1. The molecule has 0 radical (unpaired) electrons. The van der Waals surface area contributed by atoms with E-state index in [0.29, 0.717) is 31.2 Å². The number of esters is 1. The van der Waals surface area contributed by atoms with Gasteiger partial charge in [0.1, 0.15) is 11.5 Å². The lowest BCUT2D eigenvalue weighted by atomic mass is 9.98. The molecule has 34 heavy (non-hydrogen) atoms. The molecule has 0 unspecified atom stereocenters. The van der Waals surface area contributed by atoms with Gasteiger partial charge in [0.05, 0.1) is 23.6 Å². The SMILES string of the molecule is CCOC(=O)[C@H]1CCCN(c2nc3c(-c4cccc(C(F)(F)F)c4)nnn3c3ccccc23)C1. The van der Waals surface area contributed by atoms with Gasteiger partial charge in [-0.1, -0.05) is 29.5 Å². The minimum atomic E-state index is -4.47. The predicted octanol–water partition coefficient (Wildman–Crippen LogP) is 4.74. The van der Waals surface area contributed by atoms with Crippen LogP contribution in [0.5, 0.6) is 0 Å². The van der Waals surface area contributed by atoms with Crippen molar-refractivity contribution in [3.8, 4) is 11.3 Å². The monoisotopic (exact) mass is 469 g/mol. The van der Waals surface area contributed by atoms with Crippen LogP contribution in [-0.2, 0) is 15.7 Å². The number of halogens is 3. The minimum Gasteiger partial charge on any atom is -0.466 e. The van der Waals surface area contributed by atoms with Gasteiger partial charge in [0.2, 0.25) is 0 Å². The van der Waals surface area contributed by atoms with Crippen LogP contribution < -0.4 is 4.90 Å². The van der Waals surface area contributed by atoms with Gasteiger partial charge in [0, 0.05) is 24.0 Å². The maximum atomic E-state index is 13.3. The first kappa shape index (κ1) is 22.1. The van der Waals surface area contributed by atoms with E-state index < -0.39 is 11.7 Å². The Bertz CT molecular complexity index is 1370. The Hall–Kier alpha value is -3.69. The molecule has 3 heterocycles. The lowest BCUT2D eigenvalue weighted by Gasteiger charge is -2.33. The van der Waals surface area contributed by atoms with Crippen molar-refractivity contribution < 1.29 is 22.7 Å². The van der Waals surface area contributed by atoms with Crippen molar-refractivity contribution in [2.24, 2.45) is 5.92 Å². The number of aromatic nitrogens is 4. The van der Waals surface area contributed by atoms with E-state index in [1.54, 1.807) is 17.5 Å². The van der Waals surface area contributed by atoms with Gasteiger partial charge < -0.3 is 9.64 Å². The molecule has 5 rings (SSSR count). The van der Waals surface area contributed by atoms with Crippen LogP contribution >= 0.6 is 0 Å². The van der Waals surface area contributed by atoms with Gasteiger partial charge in [-0.15, -0.1) is 5.10 Å². The van der Waals surface area contributed by atoms with Gasteiger partial charge >= 0.3 is 12.1 Å². The molecule has 0 aliphatic carbocycles. The Labute approximate surface area is 193 Å². The topological polar surface area (TPSA) is 72.6 Å². The summed E-state index contributed by atoms with van der Waals surface area (Å²) in [5.41, 5.74) is 0.858. The van der Waals surface area contributed by atoms with E-state index >= 15 is 0 Å². The van der Waals surface area contributed by atoms with Crippen LogP contribution in [-0.4, -0.2) is 45.5 Å². The van der Waals surface area contributed by atoms with E-state index in [9.17, 15) is 18.0 Å². The summed E-state index contributed by atoms with van der Waals surface area (Å²) in [5, 5.41) is 9.20. The van der Waals surface area contributed by atoms with Crippen LogP contribution in [0.4, 0.5) is 19.0 Å². The maximum absolute atomic E-state index is 13.3. The molecule has 7 nitrogen and oxygen atoms in total. The molecule has 1 aliphatic heterocycles. The molecule has 4 aromatic rings. The molecule has 0 saturated carbocycles. The zero-order valence-corrected chi connectivity index (χ0v) is 18.4. The molecule has 0 spiro atoms. The number of fused-ring (bicyclic) bond motifs is 3. The Kier molecular flexibility index (Phi) is 5.59. The number of nitrogens with zero attached hydrogens (tertiary/aromatic N) is 5. The number of hydrogen-bond acceptors (Lipinski definition) is 6. The Morgan fingerprint density at radius 1 is 1.18 bits per heavy atom. The fourth-order valence-electron chi connectivity index (χ4n) is 4.44. The lowest BCUT2D eigenvalue weighted by Crippen LogP contribution is -2.40. The fourth-order valence-corrected chi connectivity index (χ4v) is 4.44. The maximum Gasteiger partial charge on any atom is 0.416 e. The number of benzene rings is 2. The van der Waals surface area contributed by atoms with Crippen molar-refractivity contribution >= 4 is 28.3 Å². The summed E-state index contributed by atoms with van der Waals surface area (Å²) < 4.78 is 46.6. The molecule has 0 N–H and O–H groups in total. The normalized spacial score (nSPS) is 16.8. The second-order valence-electron chi connectivity index (χ2n) is 8.24. The van der Waals surface area contributed by atoms with Gasteiger partial charge in [0.25, 0.3) is 0 Å². The van der Waals surface area contributed by atoms with Gasteiger partial charge in [0.15, 0.2) is 5.65 Å². The average molecular weight is 469 g/mol. The standard InChI is InChI=1S/C24H22F3N5O2/c1-2-34-23(33)16-8-6-12-31(14-16)21-18-10-3-4-11-19(18)32-22(28-21)20(29-30-32)15-7-5-9-17(13-15)24(25,26)27/h3-5,7,9-11,13,16H,2,6,8,12,14H2,1H3/t16-/m0/s1. The molecule has 2 aromatic carbocycles. The molecule has 1 aliphatic rings. The van der Waals surface area contributed by atoms with E-state index in [4.69, 9.17) is 9.72 Å². The summed E-state index contributed by atoms with van der Waals surface area (Å²) in [6.45, 7) is 3.25. The Morgan fingerprint density at radius 2 is 2.00 bits per heavy atom. The number of anilines is 1. The number of carbonyl (C=O) groups is 1. The van der Waals surface area contributed by atoms with Crippen LogP contribution in [0.2, 0.25) is 0 Å². The van der Waals surface area contributed by atoms with Crippen LogP contribution in [0.3, 0.4) is 0 Å². The smallest absolute Gasteiger partial charge is 0.416 e. The third kappa shape index (κ3) is 3.93. The van der Waals surface area contributed by atoms with Crippen molar-refractivity contribution in [3.05, 3.63) is 54.1 Å². The van der Waals surface area contributed by atoms with Crippen LogP contribution in [0.25, 0.3) is 27.8 Å². The largest absolute Gasteiger partial charge is 0.466 e. The zero-order valence-electron chi connectivity index (χ0n) is 18.4. The van der Waals surface area contributed by atoms with Gasteiger partial charge in [-0.3, -0.25) is 4.79 Å². The molecule has 10 heteroatoms. The van der Waals surface area contributed by atoms with E-state index in [1.165, 1.54) is 6.07 Å². The molecule has 176 valence electrons. The van der Waals surface area contributed by atoms with Gasteiger partial charge in [-0.05, 0) is 44.0 Å². The highest BCUT2D eigenvalue weighted by Gasteiger charge is 2.32. The number of piperidine rings is 1. The summed E-state index contributed by atoms with van der Waals surface area (Å²) in [4.78, 5) is 19.2. The van der Waals surface area contributed by atoms with Crippen molar-refractivity contribution in [2.45, 2.75) is 25.9 Å². The Morgan fingerprint density at radius 3 is 2.79 bits per heavy atom. The quantitative estimate of drug-likeness (QED) is 0.402. The summed E-state index contributed by atoms with van der Waals surface area (Å²) >= 11 is 0. The summed E-state index contributed by atoms with van der Waals surface area (Å²) in [5.74, 6) is 0.150.